The molecule has 1 heterocycles. The summed E-state index contributed by atoms with van der Waals surface area (Å²) in [4.78, 5) is 4.48. The van der Waals surface area contributed by atoms with Crippen molar-refractivity contribution in [3.05, 3.63) is 114 Å². The van der Waals surface area contributed by atoms with Gasteiger partial charge in [0, 0.05) is 24.9 Å². The summed E-state index contributed by atoms with van der Waals surface area (Å²) < 4.78 is 2.34. The predicted molar refractivity (Wildman–Crippen MR) is 149 cm³/mol. The van der Waals surface area contributed by atoms with E-state index in [0.717, 1.165) is 18.3 Å². The first-order valence-corrected chi connectivity index (χ1v) is 13.5. The van der Waals surface area contributed by atoms with Crippen molar-refractivity contribution in [2.45, 2.75) is 70.1 Å². The van der Waals surface area contributed by atoms with E-state index in [4.69, 9.17) is 0 Å². The van der Waals surface area contributed by atoms with Gasteiger partial charge in [-0.05, 0) is 30.9 Å². The van der Waals surface area contributed by atoms with Crippen LogP contribution in [-0.2, 0) is 6.42 Å². The quantitative estimate of drug-likeness (QED) is 0.291. The molecule has 0 spiro atoms. The highest BCUT2D eigenvalue weighted by Crippen LogP contribution is 2.36. The van der Waals surface area contributed by atoms with Crippen LogP contribution < -0.4 is 10.9 Å². The van der Waals surface area contributed by atoms with Crippen LogP contribution in [-0.4, -0.2) is 16.3 Å². The van der Waals surface area contributed by atoms with Crippen LogP contribution in [0.2, 0.25) is 5.82 Å². The maximum Gasteiger partial charge on any atom is 0.212 e. The van der Waals surface area contributed by atoms with Gasteiger partial charge in [0.1, 0.15) is 5.82 Å². The van der Waals surface area contributed by atoms with Crippen LogP contribution >= 0.6 is 0 Å². The van der Waals surface area contributed by atoms with E-state index in [0.29, 0.717) is 6.71 Å². The SMILES string of the molecule is Cc1ccccc1Cc1nccn1C1CC1.c1ccc(B(c2ccccc2)C2CCCCC2)cc1. The van der Waals surface area contributed by atoms with Crippen LogP contribution in [0.3, 0.4) is 0 Å². The molecule has 0 aliphatic heterocycles. The van der Waals surface area contributed by atoms with E-state index in [2.05, 4.69) is 108 Å². The fraction of sp³-hybridized carbons (Fsp3) is 0.344. The molecule has 0 amide bonds. The third-order valence-electron chi connectivity index (χ3n) is 7.74. The summed E-state index contributed by atoms with van der Waals surface area (Å²) in [6.45, 7) is 2.75. The highest BCUT2D eigenvalue weighted by molar-refractivity contribution is 6.86. The molecule has 0 atom stereocenters. The van der Waals surface area contributed by atoms with Crippen LogP contribution in [0.5, 0.6) is 0 Å². The molecule has 35 heavy (non-hydrogen) atoms. The lowest BCUT2D eigenvalue weighted by atomic mass is 9.32. The second-order valence-corrected chi connectivity index (χ2v) is 10.3. The molecule has 3 heteroatoms. The van der Waals surface area contributed by atoms with Crippen LogP contribution in [0.1, 0.15) is 67.9 Å². The second-order valence-electron chi connectivity index (χ2n) is 10.3. The molecular weight excluding hydrogens is 423 g/mol. The highest BCUT2D eigenvalue weighted by Gasteiger charge is 2.29. The molecule has 0 saturated heterocycles. The van der Waals surface area contributed by atoms with Crippen molar-refractivity contribution in [1.29, 1.82) is 0 Å². The van der Waals surface area contributed by atoms with Gasteiger partial charge in [-0.2, -0.15) is 0 Å². The van der Waals surface area contributed by atoms with Crippen molar-refractivity contribution in [3.8, 4) is 0 Å². The monoisotopic (exact) mass is 460 g/mol. The van der Waals surface area contributed by atoms with Gasteiger partial charge in [0.05, 0.1) is 0 Å². The molecule has 2 fully saturated rings. The van der Waals surface area contributed by atoms with E-state index in [-0.39, 0.29) is 0 Å². The lowest BCUT2D eigenvalue weighted by Gasteiger charge is -2.28. The molecular formula is C32H37BN2. The molecule has 2 aliphatic carbocycles. The Labute approximate surface area is 211 Å². The average molecular weight is 460 g/mol. The van der Waals surface area contributed by atoms with E-state index in [1.54, 1.807) is 0 Å². The van der Waals surface area contributed by atoms with Gasteiger partial charge in [0.25, 0.3) is 0 Å². The van der Waals surface area contributed by atoms with Gasteiger partial charge in [-0.1, -0.05) is 134 Å². The Balaban J connectivity index is 0.000000147. The normalized spacial score (nSPS) is 15.8. The number of benzene rings is 3. The second kappa shape index (κ2) is 11.6. The first-order chi connectivity index (χ1) is 17.3. The van der Waals surface area contributed by atoms with Gasteiger partial charge < -0.3 is 4.57 Å². The zero-order chi connectivity index (χ0) is 23.9. The molecule has 3 aromatic carbocycles. The number of imidazole rings is 1. The molecule has 2 nitrogen and oxygen atoms in total. The molecule has 178 valence electrons. The fourth-order valence-corrected chi connectivity index (χ4v) is 5.67. The van der Waals surface area contributed by atoms with Crippen molar-refractivity contribution in [1.82, 2.24) is 9.55 Å². The molecule has 2 aliphatic rings. The Kier molecular flexibility index (Phi) is 7.83. The summed E-state index contributed by atoms with van der Waals surface area (Å²) in [5, 5.41) is 0. The molecule has 2 saturated carbocycles. The Hall–Kier alpha value is -3.07. The maximum atomic E-state index is 4.48. The van der Waals surface area contributed by atoms with Crippen LogP contribution in [0.25, 0.3) is 0 Å². The number of rotatable bonds is 6. The zero-order valence-electron chi connectivity index (χ0n) is 21.0. The minimum absolute atomic E-state index is 0.586. The molecule has 0 radical (unpaired) electrons. The van der Waals surface area contributed by atoms with Crippen molar-refractivity contribution >= 4 is 17.6 Å². The number of hydrogen-bond acceptors (Lipinski definition) is 1. The molecule has 1 aromatic heterocycles. The van der Waals surface area contributed by atoms with E-state index in [9.17, 15) is 0 Å². The van der Waals surface area contributed by atoms with Crippen LogP contribution in [0, 0.1) is 6.92 Å². The smallest absolute Gasteiger partial charge is 0.212 e. The average Bonchev–Trinajstić information content (AvgIpc) is 3.66. The summed E-state index contributed by atoms with van der Waals surface area (Å²) in [5.41, 5.74) is 5.71. The first-order valence-electron chi connectivity index (χ1n) is 13.5. The van der Waals surface area contributed by atoms with Gasteiger partial charge in [0.15, 0.2) is 0 Å². The van der Waals surface area contributed by atoms with Crippen LogP contribution in [0.4, 0.5) is 0 Å². The molecule has 4 aromatic rings. The molecule has 0 unspecified atom stereocenters. The van der Waals surface area contributed by atoms with Crippen LogP contribution in [0.15, 0.2) is 97.3 Å². The van der Waals surface area contributed by atoms with Crippen molar-refractivity contribution in [2.75, 3.05) is 0 Å². The lowest BCUT2D eigenvalue weighted by molar-refractivity contribution is 0.499. The van der Waals surface area contributed by atoms with Crippen molar-refractivity contribution < 1.29 is 0 Å². The minimum Gasteiger partial charge on any atom is -0.332 e. The summed E-state index contributed by atoms with van der Waals surface area (Å²) in [7, 11) is 0. The van der Waals surface area contributed by atoms with E-state index >= 15 is 0 Å². The summed E-state index contributed by atoms with van der Waals surface area (Å²) in [6, 6.07) is 31.4. The zero-order valence-corrected chi connectivity index (χ0v) is 21.0. The first kappa shape index (κ1) is 23.7. The van der Waals surface area contributed by atoms with Crippen molar-refractivity contribution in [2.24, 2.45) is 0 Å². The van der Waals surface area contributed by atoms with Gasteiger partial charge in [-0.3, -0.25) is 0 Å². The van der Waals surface area contributed by atoms with Gasteiger partial charge in [-0.15, -0.1) is 0 Å². The minimum atomic E-state index is 0.586. The maximum absolute atomic E-state index is 4.48. The third kappa shape index (κ3) is 6.14. The number of nitrogens with zero attached hydrogens (tertiary/aromatic N) is 2. The topological polar surface area (TPSA) is 17.8 Å². The number of hydrogen-bond donors (Lipinski definition) is 0. The van der Waals surface area contributed by atoms with E-state index < -0.39 is 0 Å². The third-order valence-corrected chi connectivity index (χ3v) is 7.74. The Bertz CT molecular complexity index is 1130. The molecule has 6 rings (SSSR count). The molecule has 0 N–H and O–H groups in total. The largest absolute Gasteiger partial charge is 0.332 e. The number of aromatic nitrogens is 2. The number of aryl methyl sites for hydroxylation is 1. The van der Waals surface area contributed by atoms with Gasteiger partial charge in [-0.25, -0.2) is 4.98 Å². The highest BCUT2D eigenvalue weighted by atomic mass is 15.1. The summed E-state index contributed by atoms with van der Waals surface area (Å²) >= 11 is 0. The predicted octanol–water partition coefficient (Wildman–Crippen LogP) is 6.75. The van der Waals surface area contributed by atoms with Gasteiger partial charge in [0.2, 0.25) is 6.71 Å². The fourth-order valence-electron chi connectivity index (χ4n) is 5.67. The molecule has 0 bridgehead atoms. The Morgan fingerprint density at radius 2 is 1.34 bits per heavy atom. The van der Waals surface area contributed by atoms with E-state index in [1.165, 1.54) is 72.8 Å². The Morgan fingerprint density at radius 1 is 0.743 bits per heavy atom. The standard InChI is InChI=1S/C18H21B.C14H16N2/c1-4-10-16(11-5-1)19(17-12-6-2-7-13-17)18-14-8-3-9-15-18;1-11-4-2-3-5-12(11)10-14-15-8-9-16(14)13-6-7-13/h1-2,4-7,10-13,18H,3,8-9,14-15H2;2-5,8-9,13H,6-7,10H2,1H3. The van der Waals surface area contributed by atoms with E-state index in [1.807, 2.05) is 6.20 Å². The van der Waals surface area contributed by atoms with Gasteiger partial charge >= 0.3 is 0 Å². The summed E-state index contributed by atoms with van der Waals surface area (Å²) in [6.07, 6.45) is 14.6. The summed E-state index contributed by atoms with van der Waals surface area (Å²) in [5.74, 6) is 2.02. The van der Waals surface area contributed by atoms with Crippen molar-refractivity contribution in [3.63, 3.8) is 0 Å². The lowest BCUT2D eigenvalue weighted by Crippen LogP contribution is -2.46. The Morgan fingerprint density at radius 3 is 1.94 bits per heavy atom.